The van der Waals surface area contributed by atoms with E-state index in [-0.39, 0.29) is 29.9 Å². The number of benzene rings is 1. The van der Waals surface area contributed by atoms with E-state index >= 15 is 0 Å². The zero-order valence-electron chi connectivity index (χ0n) is 13.6. The Kier molecular flexibility index (Phi) is 7.45. The van der Waals surface area contributed by atoms with Crippen molar-refractivity contribution in [2.45, 2.75) is 46.7 Å². The van der Waals surface area contributed by atoms with Crippen molar-refractivity contribution in [3.63, 3.8) is 0 Å². The molecule has 0 aliphatic carbocycles. The van der Waals surface area contributed by atoms with E-state index < -0.39 is 29.0 Å². The summed E-state index contributed by atoms with van der Waals surface area (Å²) in [6, 6.07) is 2.53. The number of amides is 1. The van der Waals surface area contributed by atoms with Gasteiger partial charge in [-0.3, -0.25) is 4.79 Å². The maximum absolute atomic E-state index is 14.0. The molecule has 0 aliphatic heterocycles. The molecule has 0 fully saturated rings. The highest BCUT2D eigenvalue weighted by Crippen LogP contribution is 2.34. The molecular formula is C16H25ClF2N2O. The standard InChI is InChI=1S/C16H24F2N2O.ClH/c1-9(10(2)19)15(21)20-14(16(3,4)5)12-7-6-11(17)8-13(12)18;/h6-10,14H,19H2,1-5H3,(H,20,21);1H. The molecule has 126 valence electrons. The summed E-state index contributed by atoms with van der Waals surface area (Å²) in [4.78, 5) is 12.2. The van der Waals surface area contributed by atoms with Crippen molar-refractivity contribution in [3.05, 3.63) is 35.4 Å². The van der Waals surface area contributed by atoms with Gasteiger partial charge in [0.15, 0.2) is 0 Å². The van der Waals surface area contributed by atoms with E-state index in [1.165, 1.54) is 12.1 Å². The van der Waals surface area contributed by atoms with Crippen molar-refractivity contribution in [3.8, 4) is 0 Å². The van der Waals surface area contributed by atoms with Gasteiger partial charge in [0.05, 0.1) is 6.04 Å². The maximum Gasteiger partial charge on any atom is 0.224 e. The van der Waals surface area contributed by atoms with Crippen LogP contribution in [0.1, 0.15) is 46.2 Å². The second-order valence-electron chi connectivity index (χ2n) is 6.62. The van der Waals surface area contributed by atoms with E-state index in [2.05, 4.69) is 5.32 Å². The lowest BCUT2D eigenvalue weighted by Crippen LogP contribution is -2.44. The molecule has 0 heterocycles. The van der Waals surface area contributed by atoms with E-state index in [1.807, 2.05) is 20.8 Å². The van der Waals surface area contributed by atoms with Crippen LogP contribution < -0.4 is 11.1 Å². The molecule has 1 aromatic carbocycles. The lowest BCUT2D eigenvalue weighted by atomic mass is 9.81. The minimum Gasteiger partial charge on any atom is -0.348 e. The molecule has 22 heavy (non-hydrogen) atoms. The third kappa shape index (κ3) is 5.21. The Morgan fingerprint density at radius 1 is 1.23 bits per heavy atom. The fourth-order valence-corrected chi connectivity index (χ4v) is 2.01. The van der Waals surface area contributed by atoms with Gasteiger partial charge < -0.3 is 11.1 Å². The molecule has 3 atom stereocenters. The van der Waals surface area contributed by atoms with Gasteiger partial charge in [-0.2, -0.15) is 0 Å². The molecule has 1 rings (SSSR count). The molecule has 0 saturated carbocycles. The highest BCUT2D eigenvalue weighted by atomic mass is 35.5. The Hall–Kier alpha value is -1.20. The van der Waals surface area contributed by atoms with E-state index in [0.717, 1.165) is 6.07 Å². The van der Waals surface area contributed by atoms with Crippen LogP contribution in [0.4, 0.5) is 8.78 Å². The number of nitrogens with two attached hydrogens (primary N) is 1. The average Bonchev–Trinajstić information content (AvgIpc) is 2.34. The number of carbonyl (C=O) groups excluding carboxylic acids is 1. The molecular weight excluding hydrogens is 310 g/mol. The third-order valence-corrected chi connectivity index (χ3v) is 3.63. The van der Waals surface area contributed by atoms with Crippen LogP contribution in [-0.2, 0) is 4.79 Å². The van der Waals surface area contributed by atoms with Crippen molar-refractivity contribution in [2.75, 3.05) is 0 Å². The number of hydrogen-bond acceptors (Lipinski definition) is 2. The summed E-state index contributed by atoms with van der Waals surface area (Å²) >= 11 is 0. The molecule has 3 N–H and O–H groups in total. The normalized spacial score (nSPS) is 15.5. The Morgan fingerprint density at radius 3 is 2.18 bits per heavy atom. The monoisotopic (exact) mass is 334 g/mol. The Labute approximate surface area is 137 Å². The van der Waals surface area contributed by atoms with Crippen LogP contribution in [0, 0.1) is 23.0 Å². The molecule has 0 bridgehead atoms. The predicted molar refractivity (Wildman–Crippen MR) is 86.8 cm³/mol. The summed E-state index contributed by atoms with van der Waals surface area (Å²) in [5.41, 5.74) is 5.57. The second kappa shape index (κ2) is 7.88. The minimum absolute atomic E-state index is 0. The van der Waals surface area contributed by atoms with Gasteiger partial charge in [0.25, 0.3) is 0 Å². The molecule has 0 saturated heterocycles. The number of halogens is 3. The molecule has 1 aromatic rings. The SMILES string of the molecule is CC(N)C(C)C(=O)NC(c1ccc(F)cc1F)C(C)(C)C.Cl. The van der Waals surface area contributed by atoms with Crippen LogP contribution in [0.3, 0.4) is 0 Å². The van der Waals surface area contributed by atoms with Gasteiger partial charge in [0, 0.05) is 23.6 Å². The molecule has 6 heteroatoms. The van der Waals surface area contributed by atoms with E-state index in [4.69, 9.17) is 5.73 Å². The Bertz CT molecular complexity index is 515. The average molecular weight is 335 g/mol. The Morgan fingerprint density at radius 2 is 1.77 bits per heavy atom. The minimum atomic E-state index is -0.663. The summed E-state index contributed by atoms with van der Waals surface area (Å²) < 4.78 is 27.1. The molecule has 0 spiro atoms. The van der Waals surface area contributed by atoms with Gasteiger partial charge in [0.2, 0.25) is 5.91 Å². The Balaban J connectivity index is 0.00000441. The lowest BCUT2D eigenvalue weighted by Gasteiger charge is -2.33. The van der Waals surface area contributed by atoms with Crippen LogP contribution in [0.25, 0.3) is 0 Å². The highest BCUT2D eigenvalue weighted by Gasteiger charge is 2.31. The van der Waals surface area contributed by atoms with Gasteiger partial charge >= 0.3 is 0 Å². The van der Waals surface area contributed by atoms with Crippen LogP contribution >= 0.6 is 12.4 Å². The van der Waals surface area contributed by atoms with Crippen molar-refractivity contribution in [1.29, 1.82) is 0 Å². The fourth-order valence-electron chi connectivity index (χ4n) is 2.01. The largest absolute Gasteiger partial charge is 0.348 e. The van der Waals surface area contributed by atoms with E-state index in [9.17, 15) is 13.6 Å². The number of hydrogen-bond donors (Lipinski definition) is 2. The topological polar surface area (TPSA) is 55.1 Å². The first-order chi connectivity index (χ1) is 9.54. The van der Waals surface area contributed by atoms with Gasteiger partial charge in [-0.15, -0.1) is 12.4 Å². The van der Waals surface area contributed by atoms with Crippen LogP contribution in [-0.4, -0.2) is 11.9 Å². The number of carbonyl (C=O) groups is 1. The molecule has 1 amide bonds. The van der Waals surface area contributed by atoms with Gasteiger partial charge in [0.1, 0.15) is 11.6 Å². The number of rotatable bonds is 4. The maximum atomic E-state index is 14.0. The summed E-state index contributed by atoms with van der Waals surface area (Å²) in [5, 5.41) is 2.83. The molecule has 3 unspecified atom stereocenters. The summed E-state index contributed by atoms with van der Waals surface area (Å²) in [5.74, 6) is -1.94. The van der Waals surface area contributed by atoms with Crippen molar-refractivity contribution in [2.24, 2.45) is 17.1 Å². The summed E-state index contributed by atoms with van der Waals surface area (Å²) in [7, 11) is 0. The predicted octanol–water partition coefficient (Wildman–Crippen LogP) is 3.57. The van der Waals surface area contributed by atoms with Gasteiger partial charge in [-0.1, -0.05) is 33.8 Å². The van der Waals surface area contributed by atoms with Crippen molar-refractivity contribution < 1.29 is 13.6 Å². The van der Waals surface area contributed by atoms with E-state index in [1.54, 1.807) is 13.8 Å². The zero-order valence-corrected chi connectivity index (χ0v) is 14.4. The van der Waals surface area contributed by atoms with Gasteiger partial charge in [-0.05, 0) is 18.4 Å². The zero-order chi connectivity index (χ0) is 16.4. The first-order valence-corrected chi connectivity index (χ1v) is 7.05. The van der Waals surface area contributed by atoms with Crippen LogP contribution in [0.2, 0.25) is 0 Å². The lowest BCUT2D eigenvalue weighted by molar-refractivity contribution is -0.126. The van der Waals surface area contributed by atoms with Gasteiger partial charge in [-0.25, -0.2) is 8.78 Å². The van der Waals surface area contributed by atoms with Crippen molar-refractivity contribution >= 4 is 18.3 Å². The van der Waals surface area contributed by atoms with Crippen molar-refractivity contribution in [1.82, 2.24) is 5.32 Å². The third-order valence-electron chi connectivity index (χ3n) is 3.63. The summed E-state index contributed by atoms with van der Waals surface area (Å²) in [6.07, 6.45) is 0. The molecule has 0 radical (unpaired) electrons. The molecule has 0 aliphatic rings. The molecule has 0 aromatic heterocycles. The second-order valence-corrected chi connectivity index (χ2v) is 6.62. The first-order valence-electron chi connectivity index (χ1n) is 7.05. The van der Waals surface area contributed by atoms with Crippen LogP contribution in [0.5, 0.6) is 0 Å². The number of nitrogens with one attached hydrogen (secondary N) is 1. The first kappa shape index (κ1) is 20.8. The molecule has 3 nitrogen and oxygen atoms in total. The highest BCUT2D eigenvalue weighted by molar-refractivity contribution is 5.85. The smallest absolute Gasteiger partial charge is 0.224 e. The summed E-state index contributed by atoms with van der Waals surface area (Å²) in [6.45, 7) is 9.13. The fraction of sp³-hybridized carbons (Fsp3) is 0.562. The quantitative estimate of drug-likeness (QED) is 0.884. The van der Waals surface area contributed by atoms with E-state index in [0.29, 0.717) is 0 Å². The van der Waals surface area contributed by atoms with Crippen LogP contribution in [0.15, 0.2) is 18.2 Å².